The predicted molar refractivity (Wildman–Crippen MR) is 116 cm³/mol. The van der Waals surface area contributed by atoms with Crippen LogP contribution in [0.1, 0.15) is 96.8 Å². The van der Waals surface area contributed by atoms with Crippen molar-refractivity contribution in [3.8, 4) is 0 Å². The summed E-state index contributed by atoms with van der Waals surface area (Å²) in [5, 5.41) is 20.1. The Hall–Kier alpha value is -2.11. The molecule has 0 saturated carbocycles. The number of nitrogens with one attached hydrogen (secondary N) is 1. The van der Waals surface area contributed by atoms with Crippen molar-refractivity contribution < 1.29 is 24.6 Å². The number of hydrogen-bond donors (Lipinski definition) is 3. The van der Waals surface area contributed by atoms with Gasteiger partial charge in [-0.3, -0.25) is 14.4 Å². The molecule has 29 heavy (non-hydrogen) atoms. The molecule has 6 nitrogen and oxygen atoms in total. The summed E-state index contributed by atoms with van der Waals surface area (Å²) in [5.74, 6) is -2.51. The Morgan fingerprint density at radius 2 is 1.28 bits per heavy atom. The van der Waals surface area contributed by atoms with Crippen LogP contribution in [0.5, 0.6) is 0 Å². The standard InChI is InChI=1S/C23H39NO5/c1-2-3-4-5-6-7-8-9-10-11-12-13-14-15-16-17-21(25)24-20(18-22(26)27)19-23(28)29/h6-7,9-10,20H,2-5,8,11-19H2,1H3,(H,24,25)(H,26,27)(H,28,29). The largest absolute Gasteiger partial charge is 0.481 e. The number of carbonyl (C=O) groups is 3. The quantitative estimate of drug-likeness (QED) is 0.200. The van der Waals surface area contributed by atoms with Crippen LogP contribution in [0.3, 0.4) is 0 Å². The molecule has 0 aromatic heterocycles. The maximum Gasteiger partial charge on any atom is 0.305 e. The first-order chi connectivity index (χ1) is 14.0. The average molecular weight is 410 g/mol. The molecule has 0 saturated heterocycles. The fraction of sp³-hybridized carbons (Fsp3) is 0.696. The molecule has 0 spiro atoms. The Labute approximate surface area is 175 Å². The Morgan fingerprint density at radius 1 is 0.759 bits per heavy atom. The van der Waals surface area contributed by atoms with Crippen molar-refractivity contribution in [2.45, 2.75) is 103 Å². The van der Waals surface area contributed by atoms with Gasteiger partial charge in [-0.1, -0.05) is 63.3 Å². The van der Waals surface area contributed by atoms with Crippen molar-refractivity contribution in [1.29, 1.82) is 0 Å². The van der Waals surface area contributed by atoms with Crippen LogP contribution in [0.15, 0.2) is 24.3 Å². The van der Waals surface area contributed by atoms with E-state index in [1.807, 2.05) is 0 Å². The van der Waals surface area contributed by atoms with Crippen LogP contribution in [0.25, 0.3) is 0 Å². The van der Waals surface area contributed by atoms with E-state index in [4.69, 9.17) is 10.2 Å². The number of carboxylic acids is 2. The molecule has 0 aliphatic heterocycles. The average Bonchev–Trinajstić information content (AvgIpc) is 2.63. The molecule has 3 N–H and O–H groups in total. The number of rotatable bonds is 19. The second kappa shape index (κ2) is 19.2. The zero-order valence-electron chi connectivity index (χ0n) is 17.9. The lowest BCUT2D eigenvalue weighted by molar-refractivity contribution is -0.139. The van der Waals surface area contributed by atoms with E-state index in [1.54, 1.807) is 0 Å². The topological polar surface area (TPSA) is 104 Å². The van der Waals surface area contributed by atoms with Gasteiger partial charge in [0.25, 0.3) is 0 Å². The number of hydrogen-bond acceptors (Lipinski definition) is 3. The molecule has 0 bridgehead atoms. The number of unbranched alkanes of at least 4 members (excludes halogenated alkanes) is 8. The molecule has 6 heteroatoms. The fourth-order valence-electron chi connectivity index (χ4n) is 2.99. The van der Waals surface area contributed by atoms with Gasteiger partial charge in [0.05, 0.1) is 12.8 Å². The van der Waals surface area contributed by atoms with E-state index in [0.29, 0.717) is 6.42 Å². The third kappa shape index (κ3) is 20.4. The van der Waals surface area contributed by atoms with Gasteiger partial charge >= 0.3 is 11.9 Å². The van der Waals surface area contributed by atoms with E-state index in [0.717, 1.165) is 44.9 Å². The number of carboxylic acid groups (broad SMARTS) is 2. The Balaban J connectivity index is 3.63. The van der Waals surface area contributed by atoms with Crippen molar-refractivity contribution in [2.75, 3.05) is 0 Å². The van der Waals surface area contributed by atoms with E-state index < -0.39 is 18.0 Å². The molecule has 0 aliphatic carbocycles. The predicted octanol–water partition coefficient (Wildman–Crippen LogP) is 5.23. The summed E-state index contributed by atoms with van der Waals surface area (Å²) in [6.07, 6.45) is 20.6. The van der Waals surface area contributed by atoms with E-state index in [9.17, 15) is 14.4 Å². The van der Waals surface area contributed by atoms with Gasteiger partial charge in [-0.2, -0.15) is 0 Å². The molecular weight excluding hydrogens is 370 g/mol. The molecule has 0 aliphatic rings. The van der Waals surface area contributed by atoms with Crippen LogP contribution in [0, 0.1) is 0 Å². The van der Waals surface area contributed by atoms with Crippen molar-refractivity contribution in [2.24, 2.45) is 0 Å². The van der Waals surface area contributed by atoms with Crippen molar-refractivity contribution in [3.63, 3.8) is 0 Å². The number of carbonyl (C=O) groups excluding carboxylic acids is 1. The maximum absolute atomic E-state index is 11.8. The van der Waals surface area contributed by atoms with Crippen LogP contribution >= 0.6 is 0 Å². The monoisotopic (exact) mass is 409 g/mol. The van der Waals surface area contributed by atoms with Gasteiger partial charge in [0, 0.05) is 12.5 Å². The first-order valence-corrected chi connectivity index (χ1v) is 11.0. The highest BCUT2D eigenvalue weighted by atomic mass is 16.4. The van der Waals surface area contributed by atoms with Gasteiger partial charge in [-0.25, -0.2) is 0 Å². The van der Waals surface area contributed by atoms with Gasteiger partial charge in [0.1, 0.15) is 0 Å². The van der Waals surface area contributed by atoms with Crippen molar-refractivity contribution in [1.82, 2.24) is 5.32 Å². The van der Waals surface area contributed by atoms with E-state index in [-0.39, 0.29) is 18.7 Å². The highest BCUT2D eigenvalue weighted by Crippen LogP contribution is 2.09. The third-order valence-electron chi connectivity index (χ3n) is 4.56. The maximum atomic E-state index is 11.8. The lowest BCUT2D eigenvalue weighted by Crippen LogP contribution is -2.37. The normalized spacial score (nSPS) is 11.5. The third-order valence-corrected chi connectivity index (χ3v) is 4.56. The summed E-state index contributed by atoms with van der Waals surface area (Å²) in [5.41, 5.74) is 0. The molecule has 166 valence electrons. The SMILES string of the molecule is CCCCCC=CCC=CCCCCCCCC(=O)NC(CC(=O)O)CC(=O)O. The van der Waals surface area contributed by atoms with Crippen LogP contribution < -0.4 is 5.32 Å². The van der Waals surface area contributed by atoms with Gasteiger partial charge < -0.3 is 15.5 Å². The summed E-state index contributed by atoms with van der Waals surface area (Å²) in [4.78, 5) is 33.3. The summed E-state index contributed by atoms with van der Waals surface area (Å²) >= 11 is 0. The van der Waals surface area contributed by atoms with E-state index >= 15 is 0 Å². The summed E-state index contributed by atoms with van der Waals surface area (Å²) in [7, 11) is 0. The van der Waals surface area contributed by atoms with Gasteiger partial charge in [0.2, 0.25) is 5.91 Å². The second-order valence-electron chi connectivity index (χ2n) is 7.44. The molecule has 0 heterocycles. The molecule has 0 atom stereocenters. The Kier molecular flexibility index (Phi) is 17.8. The molecule has 0 rings (SSSR count). The highest BCUT2D eigenvalue weighted by molar-refractivity contribution is 5.79. The van der Waals surface area contributed by atoms with Crippen LogP contribution in [0.4, 0.5) is 0 Å². The smallest absolute Gasteiger partial charge is 0.305 e. The summed E-state index contributed by atoms with van der Waals surface area (Å²) in [6, 6.07) is -0.851. The zero-order valence-corrected chi connectivity index (χ0v) is 17.9. The van der Waals surface area contributed by atoms with Crippen LogP contribution in [0.2, 0.25) is 0 Å². The molecular formula is C23H39NO5. The number of amides is 1. The minimum absolute atomic E-state index is 0.275. The molecule has 1 amide bonds. The zero-order chi connectivity index (χ0) is 21.7. The first-order valence-electron chi connectivity index (χ1n) is 11.0. The lowest BCUT2D eigenvalue weighted by atomic mass is 10.1. The second-order valence-corrected chi connectivity index (χ2v) is 7.44. The molecule has 0 aromatic rings. The van der Waals surface area contributed by atoms with Gasteiger partial charge in [0.15, 0.2) is 0 Å². The van der Waals surface area contributed by atoms with Crippen molar-refractivity contribution in [3.05, 3.63) is 24.3 Å². The highest BCUT2D eigenvalue weighted by Gasteiger charge is 2.18. The van der Waals surface area contributed by atoms with Crippen LogP contribution in [-0.4, -0.2) is 34.1 Å². The minimum Gasteiger partial charge on any atom is -0.481 e. The van der Waals surface area contributed by atoms with Crippen molar-refractivity contribution >= 4 is 17.8 Å². The molecule has 0 radical (unpaired) electrons. The minimum atomic E-state index is -1.12. The molecule has 0 fully saturated rings. The summed E-state index contributed by atoms with van der Waals surface area (Å²) < 4.78 is 0. The Bertz CT molecular complexity index is 497. The first kappa shape index (κ1) is 26.9. The lowest BCUT2D eigenvalue weighted by Gasteiger charge is -2.14. The number of aliphatic carboxylic acids is 2. The van der Waals surface area contributed by atoms with Crippen LogP contribution in [-0.2, 0) is 14.4 Å². The number of allylic oxidation sites excluding steroid dienone is 4. The van der Waals surface area contributed by atoms with Gasteiger partial charge in [-0.05, 0) is 38.5 Å². The Morgan fingerprint density at radius 3 is 1.83 bits per heavy atom. The fourth-order valence-corrected chi connectivity index (χ4v) is 2.99. The van der Waals surface area contributed by atoms with E-state index in [2.05, 4.69) is 36.5 Å². The van der Waals surface area contributed by atoms with E-state index in [1.165, 1.54) is 25.7 Å². The molecule has 0 aromatic carbocycles. The molecule has 0 unspecified atom stereocenters. The summed E-state index contributed by atoms with van der Waals surface area (Å²) in [6.45, 7) is 2.22. The van der Waals surface area contributed by atoms with Gasteiger partial charge in [-0.15, -0.1) is 0 Å².